The van der Waals surface area contributed by atoms with Gasteiger partial charge in [-0.3, -0.25) is 0 Å². The second-order valence-corrected chi connectivity index (χ2v) is 7.53. The number of benzene rings is 2. The van der Waals surface area contributed by atoms with E-state index >= 15 is 0 Å². The van der Waals surface area contributed by atoms with E-state index in [1.165, 1.54) is 48.4 Å². The Morgan fingerprint density at radius 3 is 1.96 bits per heavy atom. The molecule has 154 valence electrons. The van der Waals surface area contributed by atoms with Gasteiger partial charge >= 0.3 is 5.97 Å². The van der Waals surface area contributed by atoms with Crippen LogP contribution in [0.4, 0.5) is 0 Å². The summed E-state index contributed by atoms with van der Waals surface area (Å²) in [6.07, 6.45) is 0. The molecule has 0 aliphatic heterocycles. The maximum absolute atomic E-state index is 10.2. The molecule has 28 heavy (non-hydrogen) atoms. The zero-order chi connectivity index (χ0) is 21.2. The van der Waals surface area contributed by atoms with Crippen LogP contribution in [0.2, 0.25) is 15.1 Å². The highest BCUT2D eigenvalue weighted by Crippen LogP contribution is 2.33. The van der Waals surface area contributed by atoms with Crippen LogP contribution in [0, 0.1) is 0 Å². The first-order valence-electron chi connectivity index (χ1n) is 9.15. The van der Waals surface area contributed by atoms with Crippen molar-refractivity contribution in [1.82, 2.24) is 0 Å². The van der Waals surface area contributed by atoms with Crippen LogP contribution < -0.4 is 4.74 Å². The molecular weight excluding hydrogens is 421 g/mol. The topological polar surface area (TPSA) is 46.5 Å². The second-order valence-electron chi connectivity index (χ2n) is 6.31. The molecule has 0 atom stereocenters. The highest BCUT2D eigenvalue weighted by Gasteiger charge is 2.20. The van der Waals surface area contributed by atoms with Crippen molar-refractivity contribution < 1.29 is 19.1 Å². The molecule has 0 amide bonds. The zero-order valence-electron chi connectivity index (χ0n) is 16.4. The Bertz CT molecular complexity index is 742. The third kappa shape index (κ3) is 7.88. The van der Waals surface area contributed by atoms with Crippen LogP contribution in [0.3, 0.4) is 0 Å². The molecule has 0 saturated carbocycles. The minimum Gasteiger partial charge on any atom is -0.480 e. The van der Waals surface area contributed by atoms with Crippen molar-refractivity contribution in [3.05, 3.63) is 63.1 Å². The van der Waals surface area contributed by atoms with Crippen LogP contribution in [0.1, 0.15) is 26.3 Å². The van der Waals surface area contributed by atoms with Crippen molar-refractivity contribution >= 4 is 40.8 Å². The number of carbonyl (C=O) groups is 1. The minimum atomic E-state index is -1.09. The van der Waals surface area contributed by atoms with Gasteiger partial charge in [-0.05, 0) is 26.8 Å². The molecule has 4 nitrogen and oxygen atoms in total. The Morgan fingerprint density at radius 2 is 1.46 bits per heavy atom. The third-order valence-electron chi connectivity index (χ3n) is 4.70. The zero-order valence-corrected chi connectivity index (χ0v) is 18.7. The Labute approximate surface area is 182 Å². The van der Waals surface area contributed by atoms with E-state index in [2.05, 4.69) is 51.1 Å². The number of quaternary nitrogens is 1. The molecule has 0 saturated heterocycles. The number of aliphatic carboxylic acids is 1. The van der Waals surface area contributed by atoms with Crippen LogP contribution in [0.15, 0.2) is 42.5 Å². The van der Waals surface area contributed by atoms with Gasteiger partial charge in [-0.25, -0.2) is 4.79 Å². The van der Waals surface area contributed by atoms with Crippen molar-refractivity contribution in [2.45, 2.75) is 27.3 Å². The first-order chi connectivity index (χ1) is 13.3. The summed E-state index contributed by atoms with van der Waals surface area (Å²) < 4.78 is 6.06. The predicted octanol–water partition coefficient (Wildman–Crippen LogP) is 6.17. The van der Waals surface area contributed by atoms with E-state index in [0.717, 1.165) is 0 Å². The molecule has 2 aromatic rings. The van der Waals surface area contributed by atoms with Crippen LogP contribution in [-0.2, 0) is 11.3 Å². The Hall–Kier alpha value is -1.46. The number of ether oxygens (including phenoxy) is 1. The monoisotopic (exact) mass is 446 g/mol. The van der Waals surface area contributed by atoms with E-state index in [1.807, 2.05) is 0 Å². The second kappa shape index (κ2) is 12.2. The largest absolute Gasteiger partial charge is 0.480 e. The van der Waals surface area contributed by atoms with Crippen LogP contribution in [0.25, 0.3) is 0 Å². The fourth-order valence-electron chi connectivity index (χ4n) is 2.73. The summed E-state index contributed by atoms with van der Waals surface area (Å²) in [5.41, 5.74) is 1.46. The average molecular weight is 448 g/mol. The van der Waals surface area contributed by atoms with Gasteiger partial charge in [0.2, 0.25) is 0 Å². The quantitative estimate of drug-likeness (QED) is 0.388. The summed E-state index contributed by atoms with van der Waals surface area (Å²) in [5.74, 6) is -0.893. The van der Waals surface area contributed by atoms with Gasteiger partial charge in [0.1, 0.15) is 12.3 Å². The summed E-state index contributed by atoms with van der Waals surface area (Å²) in [6.45, 7) is 11.2. The lowest BCUT2D eigenvalue weighted by Crippen LogP contribution is -2.46. The van der Waals surface area contributed by atoms with Crippen LogP contribution in [0.5, 0.6) is 5.75 Å². The molecule has 0 aliphatic rings. The first-order valence-corrected chi connectivity index (χ1v) is 10.3. The number of hydrogen-bond acceptors (Lipinski definition) is 2. The molecule has 0 fully saturated rings. The van der Waals surface area contributed by atoms with Gasteiger partial charge in [0.15, 0.2) is 6.61 Å². The maximum Gasteiger partial charge on any atom is 0.341 e. The van der Waals surface area contributed by atoms with Gasteiger partial charge in [0.25, 0.3) is 0 Å². The third-order valence-corrected chi connectivity index (χ3v) is 5.72. The summed E-state index contributed by atoms with van der Waals surface area (Å²) in [4.78, 5) is 10.2. The van der Waals surface area contributed by atoms with Gasteiger partial charge < -0.3 is 14.3 Å². The first kappa shape index (κ1) is 24.6. The van der Waals surface area contributed by atoms with Crippen molar-refractivity contribution in [2.24, 2.45) is 0 Å². The molecule has 0 bridgehead atoms. The molecule has 0 unspecified atom stereocenters. The van der Waals surface area contributed by atoms with E-state index < -0.39 is 12.6 Å². The number of nitrogens with zero attached hydrogens (tertiary/aromatic N) is 1. The standard InChI is InChI=1S/C13H22N.C8H5Cl3O3/c1-4-14(5-2,6-3)12-13-10-8-7-9-11-13;9-4-1-6(11)7(2-5(4)10)14-3-8(12)13/h7-11H,4-6,12H2,1-3H3;1-2H,3H2,(H,12,13)/q+1;. The van der Waals surface area contributed by atoms with Crippen molar-refractivity contribution in [2.75, 3.05) is 26.2 Å². The molecule has 0 aromatic heterocycles. The Kier molecular flexibility index (Phi) is 10.7. The molecule has 0 heterocycles. The van der Waals surface area contributed by atoms with E-state index in [9.17, 15) is 4.79 Å². The molecule has 2 rings (SSSR count). The molecule has 0 radical (unpaired) electrons. The average Bonchev–Trinajstić information content (AvgIpc) is 2.69. The molecule has 0 spiro atoms. The lowest BCUT2D eigenvalue weighted by molar-refractivity contribution is -0.936. The fourth-order valence-corrected chi connectivity index (χ4v) is 3.32. The lowest BCUT2D eigenvalue weighted by atomic mass is 10.2. The van der Waals surface area contributed by atoms with Crippen molar-refractivity contribution in [3.8, 4) is 5.75 Å². The number of carboxylic acid groups (broad SMARTS) is 1. The Morgan fingerprint density at radius 1 is 0.929 bits per heavy atom. The minimum absolute atomic E-state index is 0.198. The van der Waals surface area contributed by atoms with E-state index in [-0.39, 0.29) is 15.8 Å². The molecular formula is C21H27Cl3NO3+. The van der Waals surface area contributed by atoms with Crippen LogP contribution >= 0.6 is 34.8 Å². The lowest BCUT2D eigenvalue weighted by Gasteiger charge is -2.35. The van der Waals surface area contributed by atoms with Gasteiger partial charge in [-0.2, -0.15) is 0 Å². The predicted molar refractivity (Wildman–Crippen MR) is 117 cm³/mol. The number of halogens is 3. The molecule has 1 N–H and O–H groups in total. The maximum atomic E-state index is 10.2. The van der Waals surface area contributed by atoms with Crippen LogP contribution in [-0.4, -0.2) is 41.8 Å². The SMILES string of the molecule is CC[N+](CC)(CC)Cc1ccccc1.O=C(O)COc1cc(Cl)c(Cl)cc1Cl. The van der Waals surface area contributed by atoms with Crippen molar-refractivity contribution in [3.63, 3.8) is 0 Å². The smallest absolute Gasteiger partial charge is 0.341 e. The summed E-state index contributed by atoms with van der Waals surface area (Å²) in [6, 6.07) is 13.6. The summed E-state index contributed by atoms with van der Waals surface area (Å²) in [7, 11) is 0. The highest BCUT2D eigenvalue weighted by atomic mass is 35.5. The van der Waals surface area contributed by atoms with E-state index in [1.54, 1.807) is 0 Å². The van der Waals surface area contributed by atoms with Gasteiger partial charge in [0, 0.05) is 11.6 Å². The normalized spacial score (nSPS) is 10.8. The van der Waals surface area contributed by atoms with Gasteiger partial charge in [-0.1, -0.05) is 65.1 Å². The molecule has 7 heteroatoms. The van der Waals surface area contributed by atoms with E-state index in [4.69, 9.17) is 44.6 Å². The van der Waals surface area contributed by atoms with Crippen molar-refractivity contribution in [1.29, 1.82) is 0 Å². The molecule has 0 aliphatic carbocycles. The Balaban J connectivity index is 0.000000280. The highest BCUT2D eigenvalue weighted by molar-refractivity contribution is 6.43. The fraction of sp³-hybridized carbons (Fsp3) is 0.381. The van der Waals surface area contributed by atoms with Gasteiger partial charge in [0.05, 0.1) is 34.7 Å². The number of hydrogen-bond donors (Lipinski definition) is 1. The molecule has 2 aromatic carbocycles. The summed E-state index contributed by atoms with van der Waals surface area (Å²) >= 11 is 17.1. The van der Waals surface area contributed by atoms with E-state index in [0.29, 0.717) is 5.02 Å². The van der Waals surface area contributed by atoms with Gasteiger partial charge in [-0.15, -0.1) is 0 Å². The number of rotatable bonds is 8. The summed E-state index contributed by atoms with van der Waals surface area (Å²) in [5, 5.41) is 9.14. The number of carboxylic acids is 1.